The Morgan fingerprint density at radius 3 is 0.770 bits per heavy atom. The number of hydrogen-bond acceptors (Lipinski definition) is 15. The summed E-state index contributed by atoms with van der Waals surface area (Å²) in [5.41, 5.74) is 0. The van der Waals surface area contributed by atoms with E-state index in [1.54, 1.807) is 0 Å². The molecule has 586 valence electrons. The van der Waals surface area contributed by atoms with E-state index in [9.17, 15) is 43.2 Å². The van der Waals surface area contributed by atoms with Crippen LogP contribution in [0, 0.1) is 0 Å². The number of esters is 4. The molecule has 100 heavy (non-hydrogen) atoms. The molecule has 0 fully saturated rings. The zero-order chi connectivity index (χ0) is 73.2. The quantitative estimate of drug-likeness (QED) is 0.0169. The van der Waals surface area contributed by atoms with Crippen molar-refractivity contribution in [1.82, 2.24) is 0 Å². The maximum absolute atomic E-state index is 13.1. The summed E-state index contributed by atoms with van der Waals surface area (Å²) in [6, 6.07) is 0. The molecule has 0 spiro atoms. The van der Waals surface area contributed by atoms with Crippen LogP contribution in [0.25, 0.3) is 0 Å². The van der Waals surface area contributed by atoms with Crippen LogP contribution in [0.2, 0.25) is 0 Å². The Kier molecular flexibility index (Phi) is 72.1. The van der Waals surface area contributed by atoms with Crippen molar-refractivity contribution in [3.8, 4) is 0 Å². The molecule has 0 aromatic carbocycles. The second kappa shape index (κ2) is 74.3. The number of carbonyl (C=O) groups excluding carboxylic acids is 4. The molecule has 5 atom stereocenters. The number of hydrogen-bond donors (Lipinski definition) is 3. The summed E-state index contributed by atoms with van der Waals surface area (Å²) >= 11 is 0. The van der Waals surface area contributed by atoms with Gasteiger partial charge in [-0.2, -0.15) is 0 Å². The predicted octanol–water partition coefficient (Wildman–Crippen LogP) is 23.7. The molecule has 0 heterocycles. The van der Waals surface area contributed by atoms with Gasteiger partial charge >= 0.3 is 39.5 Å². The minimum Gasteiger partial charge on any atom is -0.462 e. The number of unbranched alkanes of at least 4 members (excludes halogenated alkanes) is 44. The van der Waals surface area contributed by atoms with Crippen LogP contribution in [0.15, 0.2) is 48.6 Å². The number of rotatable bonds is 78. The fraction of sp³-hybridized carbons (Fsp3) is 0.852. The third kappa shape index (κ3) is 73.3. The van der Waals surface area contributed by atoms with E-state index < -0.39 is 97.5 Å². The van der Waals surface area contributed by atoms with Crippen LogP contribution in [0.5, 0.6) is 0 Å². The third-order valence-corrected chi connectivity index (χ3v) is 19.7. The van der Waals surface area contributed by atoms with Crippen LogP contribution in [0.3, 0.4) is 0 Å². The highest BCUT2D eigenvalue weighted by molar-refractivity contribution is 7.47. The lowest BCUT2D eigenvalue weighted by Crippen LogP contribution is -2.30. The average molecular weight is 1460 g/mol. The summed E-state index contributed by atoms with van der Waals surface area (Å²) < 4.78 is 68.7. The molecule has 0 saturated carbocycles. The topological polar surface area (TPSA) is 237 Å². The van der Waals surface area contributed by atoms with Crippen LogP contribution in [-0.2, 0) is 65.4 Å². The largest absolute Gasteiger partial charge is 0.472 e. The minimum atomic E-state index is -4.97. The highest BCUT2D eigenvalue weighted by atomic mass is 31.2. The van der Waals surface area contributed by atoms with E-state index in [1.165, 1.54) is 161 Å². The fourth-order valence-corrected chi connectivity index (χ4v) is 13.1. The summed E-state index contributed by atoms with van der Waals surface area (Å²) in [4.78, 5) is 73.0. The fourth-order valence-electron chi connectivity index (χ4n) is 11.5. The van der Waals surface area contributed by atoms with Gasteiger partial charge in [-0.15, -0.1) is 0 Å². The lowest BCUT2D eigenvalue weighted by Gasteiger charge is -2.21. The molecular weight excluding hydrogens is 1310 g/mol. The third-order valence-electron chi connectivity index (χ3n) is 17.8. The van der Waals surface area contributed by atoms with E-state index in [0.717, 1.165) is 148 Å². The summed E-state index contributed by atoms with van der Waals surface area (Å²) in [6.45, 7) is 4.90. The molecule has 0 aromatic heterocycles. The maximum Gasteiger partial charge on any atom is 0.472 e. The number of phosphoric acid groups is 2. The van der Waals surface area contributed by atoms with E-state index in [-0.39, 0.29) is 25.7 Å². The van der Waals surface area contributed by atoms with Crippen molar-refractivity contribution in [3.05, 3.63) is 48.6 Å². The summed E-state index contributed by atoms with van der Waals surface area (Å²) in [6.07, 6.45) is 72.2. The van der Waals surface area contributed by atoms with Crippen molar-refractivity contribution in [2.75, 3.05) is 39.6 Å². The first kappa shape index (κ1) is 97.0. The zero-order valence-electron chi connectivity index (χ0n) is 64.1. The summed E-state index contributed by atoms with van der Waals surface area (Å²) in [7, 11) is -9.94. The molecule has 3 N–H and O–H groups in total. The lowest BCUT2D eigenvalue weighted by molar-refractivity contribution is -0.161. The highest BCUT2D eigenvalue weighted by Gasteiger charge is 2.30. The van der Waals surface area contributed by atoms with Gasteiger partial charge in [0.2, 0.25) is 0 Å². The van der Waals surface area contributed by atoms with Crippen LogP contribution < -0.4 is 0 Å². The molecule has 0 aliphatic carbocycles. The van der Waals surface area contributed by atoms with Gasteiger partial charge in [-0.05, 0) is 109 Å². The van der Waals surface area contributed by atoms with Crippen LogP contribution in [-0.4, -0.2) is 96.7 Å². The molecule has 17 nitrogen and oxygen atoms in total. The smallest absolute Gasteiger partial charge is 0.462 e. The maximum atomic E-state index is 13.1. The Hall–Kier alpha value is -2.98. The molecule has 0 saturated heterocycles. The second-order valence-electron chi connectivity index (χ2n) is 27.7. The van der Waals surface area contributed by atoms with E-state index in [2.05, 4.69) is 76.3 Å². The van der Waals surface area contributed by atoms with Gasteiger partial charge in [0.1, 0.15) is 19.3 Å². The van der Waals surface area contributed by atoms with Crippen LogP contribution in [0.4, 0.5) is 0 Å². The SMILES string of the molecule is CCCCC/C=C\C/C=C\CCCCCCCC(=O)OC[C@H](COP(=O)(O)OC[C@H](O)COP(=O)(O)OC[C@@H](COC(=O)CCCCCCC/C=C\CCCCCCCC)OC(=O)CCCCCCCCCCCCCCCCC)OC(=O)CCCCCCC/C=C\CCCCCCCC. The first-order valence-corrected chi connectivity index (χ1v) is 43.9. The molecular formula is C81H150O17P2. The van der Waals surface area contributed by atoms with Crippen molar-refractivity contribution in [2.24, 2.45) is 0 Å². The minimum absolute atomic E-state index is 0.0869. The van der Waals surface area contributed by atoms with Gasteiger partial charge < -0.3 is 33.8 Å². The first-order chi connectivity index (χ1) is 48.7. The Morgan fingerprint density at radius 1 is 0.280 bits per heavy atom. The molecule has 0 rings (SSSR count). The average Bonchev–Trinajstić information content (AvgIpc) is 1.01. The Labute approximate surface area is 610 Å². The molecule has 0 bridgehead atoms. The van der Waals surface area contributed by atoms with Gasteiger partial charge in [-0.1, -0.05) is 301 Å². The number of allylic oxidation sites excluding steroid dienone is 8. The molecule has 0 aliphatic heterocycles. The van der Waals surface area contributed by atoms with Crippen LogP contribution in [0.1, 0.15) is 387 Å². The van der Waals surface area contributed by atoms with E-state index in [4.69, 9.17) is 37.0 Å². The zero-order valence-corrected chi connectivity index (χ0v) is 65.9. The van der Waals surface area contributed by atoms with Crippen LogP contribution >= 0.6 is 15.6 Å². The number of aliphatic hydroxyl groups excluding tert-OH is 1. The van der Waals surface area contributed by atoms with E-state index >= 15 is 0 Å². The van der Waals surface area contributed by atoms with E-state index in [0.29, 0.717) is 25.7 Å². The molecule has 0 aromatic rings. The Balaban J connectivity index is 5.34. The summed E-state index contributed by atoms with van der Waals surface area (Å²) in [5, 5.41) is 10.6. The first-order valence-electron chi connectivity index (χ1n) is 40.9. The van der Waals surface area contributed by atoms with Gasteiger partial charge in [-0.25, -0.2) is 9.13 Å². The summed E-state index contributed by atoms with van der Waals surface area (Å²) in [5.74, 6) is -2.17. The van der Waals surface area contributed by atoms with Crippen molar-refractivity contribution in [3.63, 3.8) is 0 Å². The van der Waals surface area contributed by atoms with Gasteiger partial charge in [0, 0.05) is 25.7 Å². The number of aliphatic hydroxyl groups is 1. The molecule has 19 heteroatoms. The van der Waals surface area contributed by atoms with Gasteiger partial charge in [0.15, 0.2) is 12.2 Å². The number of phosphoric ester groups is 2. The predicted molar refractivity (Wildman–Crippen MR) is 409 cm³/mol. The van der Waals surface area contributed by atoms with Crippen molar-refractivity contribution in [1.29, 1.82) is 0 Å². The molecule has 0 amide bonds. The highest BCUT2D eigenvalue weighted by Crippen LogP contribution is 2.45. The van der Waals surface area contributed by atoms with Gasteiger partial charge in [-0.3, -0.25) is 37.3 Å². The van der Waals surface area contributed by atoms with Gasteiger partial charge in [0.25, 0.3) is 0 Å². The molecule has 0 radical (unpaired) electrons. The molecule has 2 unspecified atom stereocenters. The normalized spacial score (nSPS) is 14.1. The second-order valence-corrected chi connectivity index (χ2v) is 30.6. The monoisotopic (exact) mass is 1460 g/mol. The van der Waals surface area contributed by atoms with E-state index in [1.807, 2.05) is 0 Å². The lowest BCUT2D eigenvalue weighted by atomic mass is 10.0. The standard InChI is InChI=1S/C81H150O17P2/c1-5-9-13-17-21-25-29-33-37-41-45-49-53-57-61-65-78(83)91-71-76(97-80(85)67-63-59-55-51-47-43-39-35-31-27-23-19-15-11-7-3)73-95-99(87,88)93-69-75(82)70-94-100(89,90)96-74-77(98-81(86)68-64-60-56-52-48-44-40-36-32-28-24-20-16-12-8-4)72-92-79(84)66-62-58-54-50-46-42-38-34-30-26-22-18-14-10-6-2/h21,25,33-35,37-39,75-77,82H,5-20,22-24,26-32,36,40-74H2,1-4H3,(H,87,88)(H,89,90)/b25-21-,37-33-,38-34-,39-35-/t75-,76+,77+/m0/s1. The van der Waals surface area contributed by atoms with Crippen molar-refractivity contribution >= 4 is 39.5 Å². The Bertz CT molecular complexity index is 2080. The van der Waals surface area contributed by atoms with Gasteiger partial charge in [0.05, 0.1) is 26.4 Å². The molecule has 0 aliphatic rings. The number of carbonyl (C=O) groups is 4. The van der Waals surface area contributed by atoms with Crippen molar-refractivity contribution in [2.45, 2.75) is 406 Å². The van der Waals surface area contributed by atoms with Crippen molar-refractivity contribution < 1.29 is 80.2 Å². The Morgan fingerprint density at radius 2 is 0.490 bits per heavy atom. The number of ether oxygens (including phenoxy) is 4.